The van der Waals surface area contributed by atoms with Crippen LogP contribution < -0.4 is 0 Å². The lowest BCUT2D eigenvalue weighted by molar-refractivity contribution is -0.151. The Balaban J connectivity index is 1.66. The summed E-state index contributed by atoms with van der Waals surface area (Å²) in [5.41, 5.74) is 1.02. The maximum atomic E-state index is 12.2. The van der Waals surface area contributed by atoms with Gasteiger partial charge in [0.15, 0.2) is 0 Å². The van der Waals surface area contributed by atoms with Gasteiger partial charge in [-0.05, 0) is 31.2 Å². The van der Waals surface area contributed by atoms with Gasteiger partial charge in [0.1, 0.15) is 0 Å². The lowest BCUT2D eigenvalue weighted by Crippen LogP contribution is -2.30. The standard InChI is InChI=1S/C17H21NO2S/c1-2-20-16(19)17(8-9-17)14-10-15(21)18(12-14)11-13-6-4-3-5-7-13/h3-7,14H,2,8-12H2,1H3/t14-/m1/s1. The van der Waals surface area contributed by atoms with Crippen molar-refractivity contribution in [3.63, 3.8) is 0 Å². The highest BCUT2D eigenvalue weighted by atomic mass is 32.1. The number of nitrogens with zero attached hydrogens (tertiary/aromatic N) is 1. The summed E-state index contributed by atoms with van der Waals surface area (Å²) in [6.45, 7) is 4.06. The van der Waals surface area contributed by atoms with E-state index in [1.807, 2.05) is 25.1 Å². The van der Waals surface area contributed by atoms with Gasteiger partial charge in [0.2, 0.25) is 0 Å². The first-order valence-electron chi connectivity index (χ1n) is 7.64. The van der Waals surface area contributed by atoms with Crippen molar-refractivity contribution in [2.24, 2.45) is 11.3 Å². The van der Waals surface area contributed by atoms with Crippen LogP contribution in [-0.4, -0.2) is 29.0 Å². The Morgan fingerprint density at radius 3 is 2.71 bits per heavy atom. The second-order valence-electron chi connectivity index (χ2n) is 6.04. The van der Waals surface area contributed by atoms with Crippen LogP contribution >= 0.6 is 12.2 Å². The fourth-order valence-electron chi connectivity index (χ4n) is 3.29. The topological polar surface area (TPSA) is 29.5 Å². The van der Waals surface area contributed by atoms with Gasteiger partial charge < -0.3 is 9.64 Å². The number of hydrogen-bond donors (Lipinski definition) is 0. The van der Waals surface area contributed by atoms with Crippen LogP contribution in [0.4, 0.5) is 0 Å². The Bertz CT molecular complexity index is 539. The van der Waals surface area contributed by atoms with Gasteiger partial charge in [0.25, 0.3) is 0 Å². The van der Waals surface area contributed by atoms with E-state index in [2.05, 4.69) is 17.0 Å². The third-order valence-corrected chi connectivity index (χ3v) is 5.11. The van der Waals surface area contributed by atoms with E-state index in [-0.39, 0.29) is 11.4 Å². The molecule has 0 spiro atoms. The molecule has 2 fully saturated rings. The van der Waals surface area contributed by atoms with Gasteiger partial charge in [-0.3, -0.25) is 4.79 Å². The quantitative estimate of drug-likeness (QED) is 0.617. The second-order valence-corrected chi connectivity index (χ2v) is 6.51. The van der Waals surface area contributed by atoms with Crippen molar-refractivity contribution in [2.45, 2.75) is 32.7 Å². The Morgan fingerprint density at radius 1 is 1.38 bits per heavy atom. The molecule has 0 aromatic heterocycles. The Morgan fingerprint density at radius 2 is 2.10 bits per heavy atom. The number of carbonyl (C=O) groups excluding carboxylic acids is 1. The van der Waals surface area contributed by atoms with Crippen molar-refractivity contribution in [2.75, 3.05) is 13.2 Å². The van der Waals surface area contributed by atoms with E-state index < -0.39 is 0 Å². The Hall–Kier alpha value is -1.42. The zero-order valence-electron chi connectivity index (χ0n) is 12.4. The summed E-state index contributed by atoms with van der Waals surface area (Å²) in [5.74, 6) is 0.312. The maximum absolute atomic E-state index is 12.2. The van der Waals surface area contributed by atoms with Crippen LogP contribution in [0.5, 0.6) is 0 Å². The van der Waals surface area contributed by atoms with Gasteiger partial charge in [-0.15, -0.1) is 0 Å². The van der Waals surface area contributed by atoms with Crippen LogP contribution in [0.2, 0.25) is 0 Å². The predicted octanol–water partition coefficient (Wildman–Crippen LogP) is 3.18. The zero-order chi connectivity index (χ0) is 14.9. The molecule has 4 heteroatoms. The first-order valence-corrected chi connectivity index (χ1v) is 8.05. The monoisotopic (exact) mass is 303 g/mol. The summed E-state index contributed by atoms with van der Waals surface area (Å²) in [4.78, 5) is 15.4. The molecule has 0 unspecified atom stereocenters. The molecule has 112 valence electrons. The summed E-state index contributed by atoms with van der Waals surface area (Å²) >= 11 is 5.54. The summed E-state index contributed by atoms with van der Waals surface area (Å²) in [6.07, 6.45) is 2.76. The molecule has 2 aliphatic rings. The summed E-state index contributed by atoms with van der Waals surface area (Å²) in [6, 6.07) is 10.4. The fraction of sp³-hybridized carbons (Fsp3) is 0.529. The molecule has 1 aliphatic carbocycles. The number of ether oxygens (including phenoxy) is 1. The van der Waals surface area contributed by atoms with Gasteiger partial charge in [-0.25, -0.2) is 0 Å². The highest BCUT2D eigenvalue weighted by Gasteiger charge is 2.58. The van der Waals surface area contributed by atoms with Crippen LogP contribution in [0.3, 0.4) is 0 Å². The average Bonchev–Trinajstić information content (AvgIpc) is 3.22. The number of esters is 1. The number of benzene rings is 1. The van der Waals surface area contributed by atoms with Gasteiger partial charge >= 0.3 is 5.97 Å². The second kappa shape index (κ2) is 5.76. The number of thiocarbonyl (C=S) groups is 1. The summed E-state index contributed by atoms with van der Waals surface area (Å²) < 4.78 is 5.27. The lowest BCUT2D eigenvalue weighted by Gasteiger charge is -2.22. The van der Waals surface area contributed by atoms with Gasteiger partial charge in [-0.2, -0.15) is 0 Å². The van der Waals surface area contributed by atoms with Crippen LogP contribution in [0, 0.1) is 11.3 Å². The van der Waals surface area contributed by atoms with E-state index >= 15 is 0 Å². The maximum Gasteiger partial charge on any atom is 0.312 e. The number of hydrogen-bond acceptors (Lipinski definition) is 3. The molecule has 3 nitrogen and oxygen atoms in total. The molecule has 1 saturated carbocycles. The largest absolute Gasteiger partial charge is 0.466 e. The van der Waals surface area contributed by atoms with E-state index in [1.54, 1.807) is 0 Å². The van der Waals surface area contributed by atoms with E-state index in [0.717, 1.165) is 37.3 Å². The van der Waals surface area contributed by atoms with Crippen LogP contribution in [0.1, 0.15) is 31.7 Å². The molecule has 1 atom stereocenters. The molecular formula is C17H21NO2S. The summed E-state index contributed by atoms with van der Waals surface area (Å²) in [5, 5.41) is 0. The molecule has 3 rings (SSSR count). The number of rotatable bonds is 5. The molecule has 0 bridgehead atoms. The van der Waals surface area contributed by atoms with Crippen LogP contribution in [-0.2, 0) is 16.1 Å². The van der Waals surface area contributed by atoms with Crippen LogP contribution in [0.15, 0.2) is 30.3 Å². The van der Waals surface area contributed by atoms with Crippen molar-refractivity contribution in [3.8, 4) is 0 Å². The van der Waals surface area contributed by atoms with Gasteiger partial charge in [0.05, 0.1) is 17.0 Å². The SMILES string of the molecule is CCOC(=O)C1([C@@H]2CC(=S)N(Cc3ccccc3)C2)CC1. The van der Waals surface area contributed by atoms with E-state index in [0.29, 0.717) is 12.5 Å². The first kappa shape index (κ1) is 14.5. The molecule has 0 radical (unpaired) electrons. The average molecular weight is 303 g/mol. The third-order valence-electron chi connectivity index (χ3n) is 4.68. The fourth-order valence-corrected chi connectivity index (χ4v) is 3.63. The molecule has 1 heterocycles. The van der Waals surface area contributed by atoms with Crippen LogP contribution in [0.25, 0.3) is 0 Å². The Labute approximate surface area is 131 Å². The normalized spacial score (nSPS) is 23.2. The summed E-state index contributed by atoms with van der Waals surface area (Å²) in [7, 11) is 0. The highest BCUT2D eigenvalue weighted by molar-refractivity contribution is 7.80. The third kappa shape index (κ3) is 2.82. The first-order chi connectivity index (χ1) is 10.2. The molecule has 1 aliphatic heterocycles. The molecule has 1 aromatic rings. The minimum absolute atomic E-state index is 0.0145. The molecular weight excluding hydrogens is 282 g/mol. The number of likely N-dealkylation sites (tertiary alicyclic amines) is 1. The predicted molar refractivity (Wildman–Crippen MR) is 85.9 cm³/mol. The zero-order valence-corrected chi connectivity index (χ0v) is 13.2. The molecule has 1 aromatic carbocycles. The van der Waals surface area contributed by atoms with Gasteiger partial charge in [-0.1, -0.05) is 42.5 Å². The van der Waals surface area contributed by atoms with E-state index in [1.165, 1.54) is 5.56 Å². The minimum atomic E-state index is -0.245. The van der Waals surface area contributed by atoms with Crippen molar-refractivity contribution in [3.05, 3.63) is 35.9 Å². The van der Waals surface area contributed by atoms with Crippen molar-refractivity contribution in [1.82, 2.24) is 4.90 Å². The lowest BCUT2D eigenvalue weighted by atomic mass is 9.88. The molecule has 0 amide bonds. The van der Waals surface area contributed by atoms with Crippen molar-refractivity contribution < 1.29 is 9.53 Å². The molecule has 0 N–H and O–H groups in total. The smallest absolute Gasteiger partial charge is 0.312 e. The van der Waals surface area contributed by atoms with E-state index in [9.17, 15) is 4.79 Å². The van der Waals surface area contributed by atoms with Crippen molar-refractivity contribution in [1.29, 1.82) is 0 Å². The highest BCUT2D eigenvalue weighted by Crippen LogP contribution is 2.56. The van der Waals surface area contributed by atoms with Crippen molar-refractivity contribution >= 4 is 23.2 Å². The minimum Gasteiger partial charge on any atom is -0.466 e. The molecule has 1 saturated heterocycles. The molecule has 21 heavy (non-hydrogen) atoms. The Kier molecular flexibility index (Phi) is 3.98. The van der Waals surface area contributed by atoms with Gasteiger partial charge in [0, 0.05) is 19.5 Å². The number of carbonyl (C=O) groups is 1. The van der Waals surface area contributed by atoms with E-state index in [4.69, 9.17) is 17.0 Å².